The molecular weight excluding hydrogens is 400 g/mol. The van der Waals surface area contributed by atoms with Crippen molar-refractivity contribution in [3.8, 4) is 23.0 Å². The molecule has 0 spiro atoms. The summed E-state index contributed by atoms with van der Waals surface area (Å²) in [5, 5.41) is 0. The minimum Gasteiger partial charge on any atom is -0.494 e. The van der Waals surface area contributed by atoms with Crippen molar-refractivity contribution in [2.75, 3.05) is 46.2 Å². The first-order chi connectivity index (χ1) is 15.1. The van der Waals surface area contributed by atoms with Crippen LogP contribution in [0.3, 0.4) is 0 Å². The standard InChI is InChI=1S/C23H26N2O6/c1-2-28-18-5-7-19(8-6-18)29-15-22(26)24-10-3-11-25(13-12-24)23(27)17-4-9-20-21(14-17)31-16-30-20/h4-9,14H,2-3,10-13,15-16H2,1H3. The van der Waals surface area contributed by atoms with Gasteiger partial charge in [0.1, 0.15) is 11.5 Å². The van der Waals surface area contributed by atoms with E-state index in [-0.39, 0.29) is 25.2 Å². The third kappa shape index (κ3) is 5.02. The highest BCUT2D eigenvalue weighted by molar-refractivity contribution is 5.95. The zero-order valence-corrected chi connectivity index (χ0v) is 17.5. The van der Waals surface area contributed by atoms with E-state index in [2.05, 4.69) is 0 Å². The maximum Gasteiger partial charge on any atom is 0.260 e. The average molecular weight is 426 g/mol. The van der Waals surface area contributed by atoms with E-state index < -0.39 is 0 Å². The lowest BCUT2D eigenvalue weighted by Crippen LogP contribution is -2.39. The predicted octanol–water partition coefficient (Wildman–Crippen LogP) is 2.57. The second-order valence-electron chi connectivity index (χ2n) is 7.29. The number of hydrogen-bond donors (Lipinski definition) is 0. The average Bonchev–Trinajstić information content (AvgIpc) is 3.13. The fourth-order valence-corrected chi connectivity index (χ4v) is 3.62. The summed E-state index contributed by atoms with van der Waals surface area (Å²) >= 11 is 0. The third-order valence-electron chi connectivity index (χ3n) is 5.25. The number of carbonyl (C=O) groups excluding carboxylic acids is 2. The fraction of sp³-hybridized carbons (Fsp3) is 0.391. The van der Waals surface area contributed by atoms with Gasteiger partial charge in [0.05, 0.1) is 6.61 Å². The van der Waals surface area contributed by atoms with Gasteiger partial charge in [0.25, 0.3) is 11.8 Å². The Kier molecular flexibility index (Phi) is 6.45. The van der Waals surface area contributed by atoms with E-state index in [1.54, 1.807) is 40.1 Å². The molecule has 4 rings (SSSR count). The van der Waals surface area contributed by atoms with Gasteiger partial charge < -0.3 is 28.7 Å². The van der Waals surface area contributed by atoms with Crippen LogP contribution in [-0.4, -0.2) is 67.8 Å². The molecule has 0 radical (unpaired) electrons. The van der Waals surface area contributed by atoms with Crippen LogP contribution in [0.5, 0.6) is 23.0 Å². The summed E-state index contributed by atoms with van der Waals surface area (Å²) in [4.78, 5) is 29.0. The molecule has 2 aliphatic heterocycles. The predicted molar refractivity (Wildman–Crippen MR) is 113 cm³/mol. The summed E-state index contributed by atoms with van der Waals surface area (Å²) in [6.07, 6.45) is 0.713. The lowest BCUT2D eigenvalue weighted by Gasteiger charge is -2.22. The molecule has 0 bridgehead atoms. The minimum absolute atomic E-state index is 0.0376. The van der Waals surface area contributed by atoms with Crippen LogP contribution in [0.15, 0.2) is 42.5 Å². The quantitative estimate of drug-likeness (QED) is 0.707. The van der Waals surface area contributed by atoms with Crippen LogP contribution >= 0.6 is 0 Å². The van der Waals surface area contributed by atoms with Crippen molar-refractivity contribution in [2.45, 2.75) is 13.3 Å². The molecule has 2 aromatic carbocycles. The molecule has 0 unspecified atom stereocenters. The Balaban J connectivity index is 1.29. The van der Waals surface area contributed by atoms with Crippen LogP contribution in [0.4, 0.5) is 0 Å². The molecule has 2 aromatic rings. The zero-order valence-electron chi connectivity index (χ0n) is 17.5. The molecule has 0 atom stereocenters. The maximum atomic E-state index is 12.9. The molecule has 0 aliphatic carbocycles. The van der Waals surface area contributed by atoms with Crippen molar-refractivity contribution in [2.24, 2.45) is 0 Å². The van der Waals surface area contributed by atoms with Gasteiger partial charge in [0.15, 0.2) is 18.1 Å². The van der Waals surface area contributed by atoms with E-state index in [0.29, 0.717) is 62.0 Å². The number of benzene rings is 2. The topological polar surface area (TPSA) is 77.5 Å². The molecule has 2 aliphatic rings. The highest BCUT2D eigenvalue weighted by Gasteiger charge is 2.24. The number of fused-ring (bicyclic) bond motifs is 1. The Morgan fingerprint density at radius 1 is 0.871 bits per heavy atom. The van der Waals surface area contributed by atoms with Gasteiger partial charge >= 0.3 is 0 Å². The van der Waals surface area contributed by atoms with Crippen LogP contribution in [0.25, 0.3) is 0 Å². The molecule has 8 nitrogen and oxygen atoms in total. The summed E-state index contributed by atoms with van der Waals surface area (Å²) in [5.74, 6) is 2.46. The lowest BCUT2D eigenvalue weighted by molar-refractivity contribution is -0.133. The Hall–Kier alpha value is -3.42. The van der Waals surface area contributed by atoms with Gasteiger partial charge in [0, 0.05) is 31.7 Å². The van der Waals surface area contributed by atoms with Crippen LogP contribution in [0.1, 0.15) is 23.7 Å². The van der Waals surface area contributed by atoms with Crippen molar-refractivity contribution in [1.82, 2.24) is 9.80 Å². The van der Waals surface area contributed by atoms with Crippen molar-refractivity contribution >= 4 is 11.8 Å². The molecule has 1 fully saturated rings. The molecule has 164 valence electrons. The summed E-state index contributed by atoms with van der Waals surface area (Å²) in [5.41, 5.74) is 0.558. The van der Waals surface area contributed by atoms with Gasteiger partial charge in [-0.05, 0) is 55.8 Å². The number of ether oxygens (including phenoxy) is 4. The normalized spacial score (nSPS) is 15.4. The van der Waals surface area contributed by atoms with E-state index in [0.717, 1.165) is 5.75 Å². The molecular formula is C23H26N2O6. The monoisotopic (exact) mass is 426 g/mol. The first-order valence-corrected chi connectivity index (χ1v) is 10.5. The highest BCUT2D eigenvalue weighted by atomic mass is 16.7. The fourth-order valence-electron chi connectivity index (χ4n) is 3.62. The van der Waals surface area contributed by atoms with Gasteiger partial charge in [-0.15, -0.1) is 0 Å². The first-order valence-electron chi connectivity index (χ1n) is 10.5. The van der Waals surface area contributed by atoms with E-state index in [1.165, 1.54) is 0 Å². The zero-order chi connectivity index (χ0) is 21.6. The summed E-state index contributed by atoms with van der Waals surface area (Å²) < 4.78 is 21.7. The van der Waals surface area contributed by atoms with Gasteiger partial charge in [-0.2, -0.15) is 0 Å². The number of nitrogens with zero attached hydrogens (tertiary/aromatic N) is 2. The van der Waals surface area contributed by atoms with E-state index in [9.17, 15) is 9.59 Å². The molecule has 0 aromatic heterocycles. The first kappa shape index (κ1) is 20.8. The summed E-state index contributed by atoms with van der Waals surface area (Å²) in [6, 6.07) is 12.4. The largest absolute Gasteiger partial charge is 0.494 e. The van der Waals surface area contributed by atoms with Gasteiger partial charge in [-0.3, -0.25) is 9.59 Å². The molecule has 31 heavy (non-hydrogen) atoms. The Morgan fingerprint density at radius 3 is 2.32 bits per heavy atom. The van der Waals surface area contributed by atoms with E-state index in [4.69, 9.17) is 18.9 Å². The number of amides is 2. The van der Waals surface area contributed by atoms with Gasteiger partial charge in [-0.1, -0.05) is 0 Å². The Morgan fingerprint density at radius 2 is 1.55 bits per heavy atom. The SMILES string of the molecule is CCOc1ccc(OCC(=O)N2CCCN(C(=O)c3ccc4c(c3)OCO4)CC2)cc1. The number of rotatable bonds is 6. The maximum absolute atomic E-state index is 12.9. The molecule has 2 heterocycles. The number of carbonyl (C=O) groups is 2. The minimum atomic E-state index is -0.0914. The Labute approximate surface area is 181 Å². The van der Waals surface area contributed by atoms with Crippen molar-refractivity contribution in [3.05, 3.63) is 48.0 Å². The third-order valence-corrected chi connectivity index (χ3v) is 5.25. The highest BCUT2D eigenvalue weighted by Crippen LogP contribution is 2.32. The van der Waals surface area contributed by atoms with Crippen molar-refractivity contribution in [1.29, 1.82) is 0 Å². The Bertz CT molecular complexity index is 930. The van der Waals surface area contributed by atoms with Crippen LogP contribution < -0.4 is 18.9 Å². The van der Waals surface area contributed by atoms with E-state index >= 15 is 0 Å². The van der Waals surface area contributed by atoms with Crippen molar-refractivity contribution < 1.29 is 28.5 Å². The van der Waals surface area contributed by atoms with Gasteiger partial charge in [0.2, 0.25) is 6.79 Å². The lowest BCUT2D eigenvalue weighted by atomic mass is 10.1. The second kappa shape index (κ2) is 9.59. The van der Waals surface area contributed by atoms with Crippen LogP contribution in [-0.2, 0) is 4.79 Å². The van der Waals surface area contributed by atoms with Crippen LogP contribution in [0, 0.1) is 0 Å². The molecule has 8 heteroatoms. The molecule has 1 saturated heterocycles. The number of hydrogen-bond acceptors (Lipinski definition) is 6. The molecule has 2 amide bonds. The molecule has 0 saturated carbocycles. The van der Waals surface area contributed by atoms with Crippen LogP contribution in [0.2, 0.25) is 0 Å². The van der Waals surface area contributed by atoms with Gasteiger partial charge in [-0.25, -0.2) is 0 Å². The molecule has 0 N–H and O–H groups in total. The summed E-state index contributed by atoms with van der Waals surface area (Å²) in [6.45, 7) is 4.80. The second-order valence-corrected chi connectivity index (χ2v) is 7.29. The summed E-state index contributed by atoms with van der Waals surface area (Å²) in [7, 11) is 0. The smallest absolute Gasteiger partial charge is 0.260 e. The van der Waals surface area contributed by atoms with Crippen molar-refractivity contribution in [3.63, 3.8) is 0 Å². The van der Waals surface area contributed by atoms with E-state index in [1.807, 2.05) is 19.1 Å².